The van der Waals surface area contributed by atoms with Crippen molar-refractivity contribution in [1.29, 1.82) is 0 Å². The number of carbonyl (C=O) groups excluding carboxylic acids is 3. The first-order chi connectivity index (χ1) is 13.0. The van der Waals surface area contributed by atoms with Crippen molar-refractivity contribution in [3.05, 3.63) is 0 Å². The molecule has 1 aliphatic carbocycles. The highest BCUT2D eigenvalue weighted by Crippen LogP contribution is 2.22. The van der Waals surface area contributed by atoms with Gasteiger partial charge in [-0.15, -0.1) is 0 Å². The van der Waals surface area contributed by atoms with Crippen LogP contribution in [0.15, 0.2) is 0 Å². The molecule has 3 aliphatic rings. The van der Waals surface area contributed by atoms with Crippen molar-refractivity contribution in [2.24, 2.45) is 5.92 Å². The maximum atomic E-state index is 12.7. The molecule has 1 saturated carbocycles. The van der Waals surface area contributed by atoms with E-state index >= 15 is 0 Å². The third-order valence-electron chi connectivity index (χ3n) is 5.88. The Morgan fingerprint density at radius 2 is 1.48 bits per heavy atom. The van der Waals surface area contributed by atoms with Gasteiger partial charge in [-0.05, 0) is 45.6 Å². The number of amides is 3. The zero-order valence-electron chi connectivity index (χ0n) is 16.6. The number of likely N-dealkylation sites (tertiary alicyclic amines) is 2. The van der Waals surface area contributed by atoms with Crippen molar-refractivity contribution < 1.29 is 14.4 Å². The van der Waals surface area contributed by atoms with Crippen LogP contribution in [0.2, 0.25) is 0 Å². The molecule has 0 aromatic carbocycles. The van der Waals surface area contributed by atoms with Crippen molar-refractivity contribution in [2.45, 2.75) is 57.4 Å². The predicted molar refractivity (Wildman–Crippen MR) is 103 cm³/mol. The third-order valence-corrected chi connectivity index (χ3v) is 5.88. The average molecular weight is 379 g/mol. The molecule has 27 heavy (non-hydrogen) atoms. The highest BCUT2D eigenvalue weighted by Gasteiger charge is 2.31. The van der Waals surface area contributed by atoms with Gasteiger partial charge < -0.3 is 15.1 Å². The van der Waals surface area contributed by atoms with Gasteiger partial charge >= 0.3 is 0 Å². The summed E-state index contributed by atoms with van der Waals surface area (Å²) in [6.45, 7) is 3.59. The molecule has 7 nitrogen and oxygen atoms in total. The van der Waals surface area contributed by atoms with Gasteiger partial charge in [-0.3, -0.25) is 19.3 Å². The van der Waals surface area contributed by atoms with E-state index in [1.54, 1.807) is 11.9 Å². The molecule has 0 unspecified atom stereocenters. The maximum Gasteiger partial charge on any atom is 0.236 e. The average Bonchev–Trinajstić information content (AvgIpc) is 3.47. The van der Waals surface area contributed by atoms with E-state index in [-0.39, 0.29) is 36.7 Å². The number of nitrogens with one attached hydrogen (secondary N) is 1. The van der Waals surface area contributed by atoms with E-state index in [1.165, 1.54) is 12.8 Å². The molecule has 1 N–H and O–H groups in total. The summed E-state index contributed by atoms with van der Waals surface area (Å²) in [5.41, 5.74) is 0. The lowest BCUT2D eigenvalue weighted by atomic mass is 9.95. The number of piperidine rings is 1. The minimum absolute atomic E-state index is 0.00504. The van der Waals surface area contributed by atoms with Crippen LogP contribution in [0.3, 0.4) is 0 Å². The number of hydrogen-bond acceptors (Lipinski definition) is 4. The van der Waals surface area contributed by atoms with Gasteiger partial charge in [0.25, 0.3) is 0 Å². The molecular weight excluding hydrogens is 344 g/mol. The first-order valence-electron chi connectivity index (χ1n) is 10.6. The fourth-order valence-corrected chi connectivity index (χ4v) is 4.06. The summed E-state index contributed by atoms with van der Waals surface area (Å²) < 4.78 is 0. The zero-order chi connectivity index (χ0) is 19.2. The fraction of sp³-hybridized carbons (Fsp3) is 0.850. The first kappa shape index (κ1) is 20.1. The molecule has 3 rings (SSSR count). The van der Waals surface area contributed by atoms with E-state index in [9.17, 15) is 14.4 Å². The second kappa shape index (κ2) is 9.53. The monoisotopic (exact) mass is 378 g/mol. The van der Waals surface area contributed by atoms with Crippen LogP contribution in [0.25, 0.3) is 0 Å². The van der Waals surface area contributed by atoms with Gasteiger partial charge in [-0.1, -0.05) is 12.8 Å². The molecule has 7 heteroatoms. The van der Waals surface area contributed by atoms with Crippen LogP contribution in [-0.4, -0.2) is 84.8 Å². The van der Waals surface area contributed by atoms with E-state index in [1.807, 2.05) is 9.80 Å². The largest absolute Gasteiger partial charge is 0.352 e. The molecule has 0 spiro atoms. The smallest absolute Gasteiger partial charge is 0.236 e. The van der Waals surface area contributed by atoms with Crippen molar-refractivity contribution in [2.75, 3.05) is 46.3 Å². The lowest BCUT2D eigenvalue weighted by Gasteiger charge is -2.34. The Labute approximate surface area is 162 Å². The lowest BCUT2D eigenvalue weighted by molar-refractivity contribution is -0.141. The summed E-state index contributed by atoms with van der Waals surface area (Å²) in [7, 11) is 1.81. The summed E-state index contributed by atoms with van der Waals surface area (Å²) in [5, 5.41) is 2.94. The predicted octanol–water partition coefficient (Wildman–Crippen LogP) is 0.838. The van der Waals surface area contributed by atoms with Crippen LogP contribution >= 0.6 is 0 Å². The van der Waals surface area contributed by atoms with Crippen LogP contribution in [0.4, 0.5) is 0 Å². The normalized spacial score (nSPS) is 21.9. The minimum atomic E-state index is -0.00504. The molecule has 0 atom stereocenters. The zero-order valence-corrected chi connectivity index (χ0v) is 16.6. The van der Waals surface area contributed by atoms with Gasteiger partial charge in [0.05, 0.1) is 13.1 Å². The van der Waals surface area contributed by atoms with Crippen molar-refractivity contribution in [3.8, 4) is 0 Å². The van der Waals surface area contributed by atoms with Gasteiger partial charge in [0.1, 0.15) is 0 Å². The number of nitrogens with zero attached hydrogens (tertiary/aromatic N) is 3. The van der Waals surface area contributed by atoms with E-state index in [0.717, 1.165) is 51.6 Å². The van der Waals surface area contributed by atoms with Crippen LogP contribution < -0.4 is 5.32 Å². The lowest BCUT2D eigenvalue weighted by Crippen LogP contribution is -2.48. The quantitative estimate of drug-likeness (QED) is 0.743. The van der Waals surface area contributed by atoms with Crippen LogP contribution in [0.5, 0.6) is 0 Å². The number of rotatable bonds is 6. The van der Waals surface area contributed by atoms with Crippen molar-refractivity contribution in [1.82, 2.24) is 20.0 Å². The molecule has 3 amide bonds. The Morgan fingerprint density at radius 1 is 0.852 bits per heavy atom. The second-order valence-electron chi connectivity index (χ2n) is 8.41. The molecule has 0 bridgehead atoms. The highest BCUT2D eigenvalue weighted by atomic mass is 16.2. The summed E-state index contributed by atoms with van der Waals surface area (Å²) >= 11 is 0. The fourth-order valence-electron chi connectivity index (χ4n) is 4.06. The van der Waals surface area contributed by atoms with Gasteiger partial charge in [0.2, 0.25) is 17.7 Å². The van der Waals surface area contributed by atoms with E-state index in [0.29, 0.717) is 19.1 Å². The molecule has 0 radical (unpaired) electrons. The second-order valence-corrected chi connectivity index (χ2v) is 8.41. The number of likely N-dealkylation sites (N-methyl/N-ethyl adjacent to an activating group) is 1. The Morgan fingerprint density at radius 3 is 2.07 bits per heavy atom. The Kier molecular flexibility index (Phi) is 7.10. The summed E-state index contributed by atoms with van der Waals surface area (Å²) in [6, 6.07) is 0.349. The number of hydrogen-bond donors (Lipinski definition) is 1. The standard InChI is InChI=1S/C20H34N4O3/c1-22(14-18(25)21-17-6-7-17)15-19(26)23-12-8-16(9-13-23)20(27)24-10-4-2-3-5-11-24/h16-17H,2-15H2,1H3,(H,21,25). The van der Waals surface area contributed by atoms with Gasteiger partial charge in [-0.25, -0.2) is 0 Å². The van der Waals surface area contributed by atoms with Crippen molar-refractivity contribution in [3.63, 3.8) is 0 Å². The molecule has 0 aromatic heterocycles. The minimum Gasteiger partial charge on any atom is -0.352 e. The number of carbonyl (C=O) groups is 3. The molecule has 3 fully saturated rings. The molecule has 2 saturated heterocycles. The van der Waals surface area contributed by atoms with E-state index in [4.69, 9.17) is 0 Å². The first-order valence-corrected chi connectivity index (χ1v) is 10.6. The Bertz CT molecular complexity index is 533. The third kappa shape index (κ3) is 6.19. The SMILES string of the molecule is CN(CC(=O)NC1CC1)CC(=O)N1CCC(C(=O)N2CCCCCC2)CC1. The van der Waals surface area contributed by atoms with Crippen LogP contribution in [-0.2, 0) is 14.4 Å². The van der Waals surface area contributed by atoms with E-state index in [2.05, 4.69) is 5.32 Å². The molecular formula is C20H34N4O3. The molecule has 152 valence electrons. The van der Waals surface area contributed by atoms with Gasteiger partial charge in [0, 0.05) is 38.1 Å². The van der Waals surface area contributed by atoms with E-state index < -0.39 is 0 Å². The Balaban J connectivity index is 1.37. The topological polar surface area (TPSA) is 73.0 Å². The highest BCUT2D eigenvalue weighted by molar-refractivity contribution is 5.82. The van der Waals surface area contributed by atoms with Crippen molar-refractivity contribution >= 4 is 17.7 Å². The summed E-state index contributed by atoms with van der Waals surface area (Å²) in [5.74, 6) is 0.402. The summed E-state index contributed by atoms with van der Waals surface area (Å²) in [6.07, 6.45) is 8.33. The van der Waals surface area contributed by atoms with Crippen LogP contribution in [0.1, 0.15) is 51.4 Å². The van der Waals surface area contributed by atoms with Gasteiger partial charge in [-0.2, -0.15) is 0 Å². The van der Waals surface area contributed by atoms with Crippen LogP contribution in [0, 0.1) is 5.92 Å². The van der Waals surface area contributed by atoms with Gasteiger partial charge in [0.15, 0.2) is 0 Å². The molecule has 2 heterocycles. The molecule has 0 aromatic rings. The molecule has 2 aliphatic heterocycles. The maximum absolute atomic E-state index is 12.7. The Hall–Kier alpha value is -1.63. The summed E-state index contributed by atoms with van der Waals surface area (Å²) in [4.78, 5) is 42.7.